The van der Waals surface area contributed by atoms with Gasteiger partial charge in [-0.15, -0.1) is 0 Å². The summed E-state index contributed by atoms with van der Waals surface area (Å²) in [7, 11) is 0. The molecule has 0 saturated carbocycles. The number of benzene rings is 2. The lowest BCUT2D eigenvalue weighted by atomic mass is 10.1. The number of nitrogens with one attached hydrogen (secondary N) is 1. The normalized spacial score (nSPS) is 12.4. The molecule has 6 heteroatoms. The summed E-state index contributed by atoms with van der Waals surface area (Å²) in [4.78, 5) is 26.5. The molecule has 6 nitrogen and oxygen atoms in total. The fraction of sp³-hybridized carbons (Fsp3) is 0.300. The minimum Gasteiger partial charge on any atom is -0.486 e. The predicted octanol–water partition coefficient (Wildman–Crippen LogP) is 3.19. The van der Waals surface area contributed by atoms with Gasteiger partial charge >= 0.3 is 0 Å². The van der Waals surface area contributed by atoms with E-state index in [0.717, 1.165) is 0 Å². The van der Waals surface area contributed by atoms with Gasteiger partial charge in [0.1, 0.15) is 13.2 Å². The average molecular weight is 354 g/mol. The van der Waals surface area contributed by atoms with Crippen LogP contribution in [-0.2, 0) is 0 Å². The van der Waals surface area contributed by atoms with Crippen LogP contribution in [0.5, 0.6) is 11.5 Å². The van der Waals surface area contributed by atoms with Gasteiger partial charge in [-0.2, -0.15) is 0 Å². The molecule has 2 amide bonds. The van der Waals surface area contributed by atoms with Crippen molar-refractivity contribution < 1.29 is 19.1 Å². The summed E-state index contributed by atoms with van der Waals surface area (Å²) >= 11 is 0. The molecular weight excluding hydrogens is 332 g/mol. The number of nitrogens with zero attached hydrogens (tertiary/aromatic N) is 1. The van der Waals surface area contributed by atoms with Crippen LogP contribution in [0.25, 0.3) is 0 Å². The molecule has 2 aromatic carbocycles. The molecule has 1 aliphatic heterocycles. The number of carbonyl (C=O) groups excluding carboxylic acids is 2. The van der Waals surface area contributed by atoms with Gasteiger partial charge in [0.2, 0.25) is 0 Å². The lowest BCUT2D eigenvalue weighted by molar-refractivity contribution is 0.0772. The average Bonchev–Trinajstić information content (AvgIpc) is 2.69. The first kappa shape index (κ1) is 17.8. The van der Waals surface area contributed by atoms with Crippen LogP contribution in [0.3, 0.4) is 0 Å². The van der Waals surface area contributed by atoms with Crippen molar-refractivity contribution in [3.8, 4) is 11.5 Å². The van der Waals surface area contributed by atoms with Crippen molar-refractivity contribution >= 4 is 17.5 Å². The van der Waals surface area contributed by atoms with Crippen molar-refractivity contribution in [3.63, 3.8) is 0 Å². The summed E-state index contributed by atoms with van der Waals surface area (Å²) in [6.07, 6.45) is 0. The fourth-order valence-corrected chi connectivity index (χ4v) is 2.78. The highest BCUT2D eigenvalue weighted by Crippen LogP contribution is 2.32. The number of hydrogen-bond donors (Lipinski definition) is 1. The zero-order valence-corrected chi connectivity index (χ0v) is 15.0. The Hall–Kier alpha value is -3.02. The minimum atomic E-state index is -0.247. The Morgan fingerprint density at radius 1 is 0.923 bits per heavy atom. The van der Waals surface area contributed by atoms with Gasteiger partial charge in [-0.05, 0) is 50.2 Å². The number of anilines is 1. The molecule has 0 bridgehead atoms. The Morgan fingerprint density at radius 2 is 1.54 bits per heavy atom. The molecular formula is C20H22N2O4. The molecule has 3 rings (SSSR count). The molecule has 1 heterocycles. The first-order chi connectivity index (χ1) is 12.6. The van der Waals surface area contributed by atoms with Gasteiger partial charge in [0.05, 0.1) is 0 Å². The first-order valence-corrected chi connectivity index (χ1v) is 8.72. The Kier molecular flexibility index (Phi) is 5.41. The van der Waals surface area contributed by atoms with Crippen molar-refractivity contribution in [1.82, 2.24) is 4.90 Å². The molecule has 0 saturated heterocycles. The molecule has 0 aliphatic carbocycles. The fourth-order valence-electron chi connectivity index (χ4n) is 2.78. The van der Waals surface area contributed by atoms with Crippen molar-refractivity contribution in [2.75, 3.05) is 31.6 Å². The summed E-state index contributed by atoms with van der Waals surface area (Å²) in [6, 6.07) is 12.0. The van der Waals surface area contributed by atoms with Crippen LogP contribution in [-0.4, -0.2) is 43.0 Å². The highest BCUT2D eigenvalue weighted by atomic mass is 16.6. The second-order valence-corrected chi connectivity index (χ2v) is 5.87. The van der Waals surface area contributed by atoms with E-state index < -0.39 is 0 Å². The monoisotopic (exact) mass is 354 g/mol. The zero-order chi connectivity index (χ0) is 18.5. The number of fused-ring (bicyclic) bond motifs is 1. The third kappa shape index (κ3) is 3.79. The summed E-state index contributed by atoms with van der Waals surface area (Å²) in [5.41, 5.74) is 1.68. The standard InChI is InChI=1S/C20H22N2O4/c1-3-22(4-2)20(24)15-7-5-14(6-8-15)19(23)21-16-9-10-17-18(13-16)26-12-11-25-17/h5-10,13H,3-4,11-12H2,1-2H3,(H,21,23). The van der Waals surface area contributed by atoms with Gasteiger partial charge in [-0.3, -0.25) is 9.59 Å². The van der Waals surface area contributed by atoms with E-state index in [1.165, 1.54) is 0 Å². The molecule has 0 spiro atoms. The maximum Gasteiger partial charge on any atom is 0.255 e. The second kappa shape index (κ2) is 7.91. The molecule has 0 unspecified atom stereocenters. The van der Waals surface area contributed by atoms with E-state index in [1.54, 1.807) is 47.4 Å². The third-order valence-corrected chi connectivity index (χ3v) is 4.24. The second-order valence-electron chi connectivity index (χ2n) is 5.87. The van der Waals surface area contributed by atoms with Crippen molar-refractivity contribution in [1.29, 1.82) is 0 Å². The zero-order valence-electron chi connectivity index (χ0n) is 15.0. The highest BCUT2D eigenvalue weighted by Gasteiger charge is 2.15. The topological polar surface area (TPSA) is 67.9 Å². The third-order valence-electron chi connectivity index (χ3n) is 4.24. The molecule has 26 heavy (non-hydrogen) atoms. The maximum atomic E-state index is 12.4. The van der Waals surface area contributed by atoms with Crippen LogP contribution in [0.4, 0.5) is 5.69 Å². The molecule has 1 aliphatic rings. The van der Waals surface area contributed by atoms with Crippen LogP contribution in [0.2, 0.25) is 0 Å². The van der Waals surface area contributed by atoms with Gasteiger partial charge in [0.15, 0.2) is 11.5 Å². The number of rotatable bonds is 5. The number of carbonyl (C=O) groups is 2. The number of amides is 2. The molecule has 1 N–H and O–H groups in total. The van der Waals surface area contributed by atoms with Gasteiger partial charge in [0.25, 0.3) is 11.8 Å². The quantitative estimate of drug-likeness (QED) is 0.895. The smallest absolute Gasteiger partial charge is 0.255 e. The van der Waals surface area contributed by atoms with Gasteiger partial charge in [-0.25, -0.2) is 0 Å². The molecule has 136 valence electrons. The van der Waals surface area contributed by atoms with Crippen molar-refractivity contribution in [3.05, 3.63) is 53.6 Å². The van der Waals surface area contributed by atoms with Gasteiger partial charge in [-0.1, -0.05) is 0 Å². The van der Waals surface area contributed by atoms with E-state index in [-0.39, 0.29) is 11.8 Å². The van der Waals surface area contributed by atoms with Gasteiger partial charge in [0, 0.05) is 36.0 Å². The Balaban J connectivity index is 1.69. The van der Waals surface area contributed by atoms with E-state index in [4.69, 9.17) is 9.47 Å². The summed E-state index contributed by atoms with van der Waals surface area (Å²) in [6.45, 7) is 6.21. The van der Waals surface area contributed by atoms with Crippen LogP contribution >= 0.6 is 0 Å². The van der Waals surface area contributed by atoms with Crippen LogP contribution in [0, 0.1) is 0 Å². The number of hydrogen-bond acceptors (Lipinski definition) is 4. The first-order valence-electron chi connectivity index (χ1n) is 8.72. The molecule has 0 radical (unpaired) electrons. The molecule has 0 atom stereocenters. The highest BCUT2D eigenvalue weighted by molar-refractivity contribution is 6.05. The lowest BCUT2D eigenvalue weighted by Gasteiger charge is -2.19. The summed E-state index contributed by atoms with van der Waals surface area (Å²) < 4.78 is 11.0. The van der Waals surface area contributed by atoms with Crippen LogP contribution in [0.15, 0.2) is 42.5 Å². The molecule has 2 aromatic rings. The SMILES string of the molecule is CCN(CC)C(=O)c1ccc(C(=O)Nc2ccc3c(c2)OCCO3)cc1. The van der Waals surface area contributed by atoms with E-state index >= 15 is 0 Å². The van der Waals surface area contributed by atoms with Crippen LogP contribution in [0.1, 0.15) is 34.6 Å². The van der Waals surface area contributed by atoms with Crippen LogP contribution < -0.4 is 14.8 Å². The maximum absolute atomic E-state index is 12.4. The largest absolute Gasteiger partial charge is 0.486 e. The van der Waals surface area contributed by atoms with E-state index in [9.17, 15) is 9.59 Å². The summed E-state index contributed by atoms with van der Waals surface area (Å²) in [5, 5.41) is 2.83. The van der Waals surface area contributed by atoms with Crippen molar-refractivity contribution in [2.24, 2.45) is 0 Å². The molecule has 0 fully saturated rings. The van der Waals surface area contributed by atoms with Gasteiger partial charge < -0.3 is 19.7 Å². The lowest BCUT2D eigenvalue weighted by Crippen LogP contribution is -2.30. The van der Waals surface area contributed by atoms with E-state index in [0.29, 0.717) is 54.6 Å². The van der Waals surface area contributed by atoms with E-state index in [2.05, 4.69) is 5.32 Å². The minimum absolute atomic E-state index is 0.0335. The number of ether oxygens (including phenoxy) is 2. The predicted molar refractivity (Wildman–Crippen MR) is 99.1 cm³/mol. The Morgan fingerprint density at radius 3 is 2.19 bits per heavy atom. The Labute approximate surface area is 152 Å². The summed E-state index contributed by atoms with van der Waals surface area (Å²) in [5.74, 6) is 1.01. The van der Waals surface area contributed by atoms with E-state index in [1.807, 2.05) is 13.8 Å². The Bertz CT molecular complexity index is 798. The van der Waals surface area contributed by atoms with Crippen molar-refractivity contribution in [2.45, 2.75) is 13.8 Å². The molecule has 0 aromatic heterocycles.